The van der Waals surface area contributed by atoms with E-state index in [0.29, 0.717) is 19.6 Å². The van der Waals surface area contributed by atoms with Crippen LogP contribution in [-0.4, -0.2) is 54.6 Å². The zero-order chi connectivity index (χ0) is 15.6. The molecule has 0 amide bonds. The second kappa shape index (κ2) is 17.4. The Labute approximate surface area is 190 Å². The van der Waals surface area contributed by atoms with Crippen molar-refractivity contribution in [1.29, 1.82) is 0 Å². The molecule has 24 heavy (non-hydrogen) atoms. The first-order valence-electron chi connectivity index (χ1n) is 8.32. The summed E-state index contributed by atoms with van der Waals surface area (Å²) in [6.07, 6.45) is 9.40. The standard InChI is InChI=1S/C16H30N2O3.2Na.H2O/c1-2-3-4-5-6-7-8-9-15-17-10-11-18(15,12-13-19)14-16(20)21;;;/h2-14H2,1H3,(H,20,21);;;1H2/q;2*+1;/p-2. The summed E-state index contributed by atoms with van der Waals surface area (Å²) < 4.78 is 0.238. The quantitative estimate of drug-likeness (QED) is 0.196. The Morgan fingerprint density at radius 3 is 2.25 bits per heavy atom. The molecule has 0 aromatic heterocycles. The third-order valence-corrected chi connectivity index (χ3v) is 4.32. The number of carboxylic acids is 1. The summed E-state index contributed by atoms with van der Waals surface area (Å²) in [6.45, 7) is 3.45. The summed E-state index contributed by atoms with van der Waals surface area (Å²) >= 11 is 0. The van der Waals surface area contributed by atoms with Crippen molar-refractivity contribution >= 4 is 11.8 Å². The van der Waals surface area contributed by atoms with Gasteiger partial charge in [-0.2, -0.15) is 0 Å². The number of aliphatic imine (C=N–C) groups is 1. The molecule has 1 heterocycles. The van der Waals surface area contributed by atoms with Crippen LogP contribution in [0.25, 0.3) is 0 Å². The fourth-order valence-corrected chi connectivity index (χ4v) is 3.12. The van der Waals surface area contributed by atoms with E-state index in [1.807, 2.05) is 0 Å². The minimum atomic E-state index is -1.09. The van der Waals surface area contributed by atoms with E-state index in [4.69, 9.17) is 0 Å². The van der Waals surface area contributed by atoms with Crippen molar-refractivity contribution in [3.8, 4) is 0 Å². The molecule has 1 aliphatic rings. The number of hydrogen-bond donors (Lipinski definition) is 0. The number of carboxylic acid groups (broad SMARTS) is 1. The van der Waals surface area contributed by atoms with E-state index >= 15 is 0 Å². The molecule has 6 nitrogen and oxygen atoms in total. The van der Waals surface area contributed by atoms with Crippen LogP contribution in [0.15, 0.2) is 4.99 Å². The SMILES string of the molecule is CCCCCCCCCC1=NCC[N+]1(CC[O-])CC(=O)[O-].[Na+].[Na+].[OH-]. The van der Waals surface area contributed by atoms with Crippen molar-refractivity contribution in [2.24, 2.45) is 4.99 Å². The second-order valence-corrected chi connectivity index (χ2v) is 6.00. The summed E-state index contributed by atoms with van der Waals surface area (Å²) in [5.74, 6) is -0.179. The van der Waals surface area contributed by atoms with Gasteiger partial charge in [0.1, 0.15) is 13.1 Å². The molecule has 0 saturated heterocycles. The van der Waals surface area contributed by atoms with Crippen molar-refractivity contribution in [3.63, 3.8) is 0 Å². The molecule has 0 aliphatic carbocycles. The smallest absolute Gasteiger partial charge is 0.870 e. The molecule has 1 rings (SSSR count). The number of aliphatic carboxylic acids is 1. The van der Waals surface area contributed by atoms with E-state index in [9.17, 15) is 15.0 Å². The number of hydrogen-bond acceptors (Lipinski definition) is 5. The average molecular weight is 360 g/mol. The maximum atomic E-state index is 11.0. The minimum Gasteiger partial charge on any atom is -0.870 e. The van der Waals surface area contributed by atoms with Crippen LogP contribution in [0.1, 0.15) is 58.3 Å². The fourth-order valence-electron chi connectivity index (χ4n) is 3.12. The van der Waals surface area contributed by atoms with Crippen LogP contribution >= 0.6 is 0 Å². The Bertz CT molecular complexity index is 357. The van der Waals surface area contributed by atoms with Gasteiger partial charge < -0.3 is 20.5 Å². The first-order valence-corrected chi connectivity index (χ1v) is 8.32. The summed E-state index contributed by atoms with van der Waals surface area (Å²) in [7, 11) is 0. The first-order chi connectivity index (χ1) is 10.1. The summed E-state index contributed by atoms with van der Waals surface area (Å²) in [5, 5.41) is 22.0. The van der Waals surface area contributed by atoms with Gasteiger partial charge in [-0.1, -0.05) is 52.1 Å². The maximum absolute atomic E-state index is 11.0. The second-order valence-electron chi connectivity index (χ2n) is 6.00. The van der Waals surface area contributed by atoms with Crippen molar-refractivity contribution in [2.45, 2.75) is 58.3 Å². The first kappa shape index (κ1) is 29.8. The molecular formula is C16H30N2Na2O4. The molecule has 0 spiro atoms. The third-order valence-electron chi connectivity index (χ3n) is 4.32. The van der Waals surface area contributed by atoms with E-state index in [1.54, 1.807) is 0 Å². The number of amidine groups is 1. The summed E-state index contributed by atoms with van der Waals surface area (Å²) in [4.78, 5) is 15.4. The third kappa shape index (κ3) is 10.9. The Balaban J connectivity index is -0.00000147. The van der Waals surface area contributed by atoms with Gasteiger partial charge in [-0.25, -0.2) is 4.99 Å². The van der Waals surface area contributed by atoms with Crippen LogP contribution < -0.4 is 69.3 Å². The summed E-state index contributed by atoms with van der Waals surface area (Å²) in [6, 6.07) is 0. The maximum Gasteiger partial charge on any atom is 1.00 e. The molecule has 0 aromatic carbocycles. The van der Waals surface area contributed by atoms with E-state index < -0.39 is 5.97 Å². The summed E-state index contributed by atoms with van der Waals surface area (Å²) in [5.41, 5.74) is 0. The molecule has 1 atom stereocenters. The van der Waals surface area contributed by atoms with Crippen molar-refractivity contribution in [3.05, 3.63) is 0 Å². The number of unbranched alkanes of at least 4 members (excludes halogenated alkanes) is 6. The van der Waals surface area contributed by atoms with Crippen LogP contribution in [0.5, 0.6) is 0 Å². The van der Waals surface area contributed by atoms with Gasteiger partial charge >= 0.3 is 59.1 Å². The topological polar surface area (TPSA) is 106 Å². The molecule has 0 saturated carbocycles. The van der Waals surface area contributed by atoms with Crippen LogP contribution in [0, 0.1) is 0 Å². The molecule has 1 N–H and O–H groups in total. The van der Waals surface area contributed by atoms with Gasteiger partial charge in [-0.05, 0) is 6.42 Å². The Morgan fingerprint density at radius 2 is 1.71 bits per heavy atom. The molecule has 0 aromatic rings. The van der Waals surface area contributed by atoms with E-state index in [1.165, 1.54) is 32.1 Å². The number of carbonyl (C=O) groups is 1. The normalized spacial score (nSPS) is 18.8. The average Bonchev–Trinajstić information content (AvgIpc) is 2.80. The number of quaternary nitrogens is 1. The number of carbonyl (C=O) groups excluding carboxylic acids is 1. The predicted molar refractivity (Wildman–Crippen MR) is 81.6 cm³/mol. The zero-order valence-electron chi connectivity index (χ0n) is 15.8. The van der Waals surface area contributed by atoms with Crippen molar-refractivity contribution in [1.82, 2.24) is 0 Å². The van der Waals surface area contributed by atoms with Gasteiger partial charge in [-0.15, -0.1) is 0 Å². The van der Waals surface area contributed by atoms with Crippen LogP contribution in [0.2, 0.25) is 0 Å². The minimum absolute atomic E-state index is 0. The largest absolute Gasteiger partial charge is 1.00 e. The van der Waals surface area contributed by atoms with Crippen LogP contribution in [0.4, 0.5) is 0 Å². The molecule has 0 radical (unpaired) electrons. The Morgan fingerprint density at radius 1 is 1.12 bits per heavy atom. The van der Waals surface area contributed by atoms with Crippen LogP contribution in [0.3, 0.4) is 0 Å². The Kier molecular flexibility index (Phi) is 21.6. The van der Waals surface area contributed by atoms with Crippen LogP contribution in [-0.2, 0) is 4.79 Å². The number of rotatable bonds is 12. The van der Waals surface area contributed by atoms with Gasteiger partial charge in [0.25, 0.3) is 0 Å². The van der Waals surface area contributed by atoms with Gasteiger partial charge in [0.05, 0.1) is 19.1 Å². The van der Waals surface area contributed by atoms with E-state index in [2.05, 4.69) is 11.9 Å². The Hall–Kier alpha value is 1.02. The van der Waals surface area contributed by atoms with Gasteiger partial charge in [0, 0.05) is 6.42 Å². The molecule has 0 bridgehead atoms. The molecular weight excluding hydrogens is 330 g/mol. The molecule has 130 valence electrons. The predicted octanol–water partition coefficient (Wildman–Crippen LogP) is -5.70. The molecule has 1 aliphatic heterocycles. The van der Waals surface area contributed by atoms with E-state index in [0.717, 1.165) is 25.1 Å². The monoisotopic (exact) mass is 360 g/mol. The molecule has 0 fully saturated rings. The zero-order valence-corrected chi connectivity index (χ0v) is 19.8. The van der Waals surface area contributed by atoms with Gasteiger partial charge in [-0.3, -0.25) is 4.48 Å². The van der Waals surface area contributed by atoms with Crippen molar-refractivity contribution < 1.29 is 84.1 Å². The molecule has 8 heteroatoms. The van der Waals surface area contributed by atoms with Gasteiger partial charge in [0.15, 0.2) is 5.84 Å². The number of nitrogens with zero attached hydrogens (tertiary/aromatic N) is 2. The molecule has 1 unspecified atom stereocenters. The van der Waals surface area contributed by atoms with E-state index in [-0.39, 0.29) is 82.2 Å². The van der Waals surface area contributed by atoms with Gasteiger partial charge in [0.2, 0.25) is 0 Å². The van der Waals surface area contributed by atoms with Crippen molar-refractivity contribution in [2.75, 3.05) is 32.8 Å². The fraction of sp³-hybridized carbons (Fsp3) is 0.875.